The van der Waals surface area contributed by atoms with E-state index in [1.807, 2.05) is 6.07 Å². The van der Waals surface area contributed by atoms with Gasteiger partial charge in [-0.3, -0.25) is 0 Å². The number of hydrogen-bond donors (Lipinski definition) is 1. The minimum absolute atomic E-state index is 0.169. The zero-order chi connectivity index (χ0) is 11.5. The monoisotopic (exact) mass is 239 g/mol. The highest BCUT2D eigenvalue weighted by molar-refractivity contribution is 6.29. The van der Waals surface area contributed by atoms with Crippen LogP contribution < -0.4 is 5.32 Å². The molecule has 0 aromatic heterocycles. The molecule has 16 heavy (non-hydrogen) atoms. The summed E-state index contributed by atoms with van der Waals surface area (Å²) in [6, 6.07) is 5.24. The van der Waals surface area contributed by atoms with Crippen molar-refractivity contribution in [2.75, 3.05) is 6.54 Å². The first-order valence-electron chi connectivity index (χ1n) is 5.52. The number of benzene rings is 1. The highest BCUT2D eigenvalue weighted by Gasteiger charge is 2.19. The molecule has 1 N–H and O–H groups in total. The maximum atomic E-state index is 13.2. The first-order chi connectivity index (χ1) is 7.66. The fraction of sp³-hybridized carbons (Fsp3) is 0.385. The molecule has 0 saturated carbocycles. The van der Waals surface area contributed by atoms with Crippen molar-refractivity contribution in [3.8, 4) is 0 Å². The molecule has 1 unspecified atom stereocenters. The summed E-state index contributed by atoms with van der Waals surface area (Å²) in [4.78, 5) is 0. The molecule has 1 aliphatic carbocycles. The van der Waals surface area contributed by atoms with Gasteiger partial charge >= 0.3 is 0 Å². The van der Waals surface area contributed by atoms with E-state index in [0.29, 0.717) is 11.6 Å². The van der Waals surface area contributed by atoms with Crippen LogP contribution in [-0.2, 0) is 6.42 Å². The largest absolute Gasteiger partial charge is 0.305 e. The van der Waals surface area contributed by atoms with Crippen LogP contribution in [0, 0.1) is 5.82 Å². The Kier molecular flexibility index (Phi) is 3.62. The van der Waals surface area contributed by atoms with Gasteiger partial charge in [-0.25, -0.2) is 4.39 Å². The predicted molar refractivity (Wildman–Crippen MR) is 65.1 cm³/mol. The van der Waals surface area contributed by atoms with E-state index in [1.54, 1.807) is 6.07 Å². The second-order valence-electron chi connectivity index (χ2n) is 4.19. The van der Waals surface area contributed by atoms with E-state index in [4.69, 9.17) is 11.6 Å². The van der Waals surface area contributed by atoms with Crippen LogP contribution in [0.3, 0.4) is 0 Å². The molecule has 0 fully saturated rings. The molecule has 0 aliphatic heterocycles. The summed E-state index contributed by atoms with van der Waals surface area (Å²) in [6.07, 6.45) is 3.20. The van der Waals surface area contributed by atoms with Crippen molar-refractivity contribution in [1.82, 2.24) is 5.32 Å². The second-order valence-corrected chi connectivity index (χ2v) is 4.72. The van der Waals surface area contributed by atoms with Crippen LogP contribution in [0.4, 0.5) is 4.39 Å². The van der Waals surface area contributed by atoms with Gasteiger partial charge in [-0.15, -0.1) is 0 Å². The van der Waals surface area contributed by atoms with Gasteiger partial charge in [0.25, 0.3) is 0 Å². The highest BCUT2D eigenvalue weighted by atomic mass is 35.5. The molecule has 1 nitrogen and oxygen atoms in total. The molecular formula is C13H15ClFN. The molecular weight excluding hydrogens is 225 g/mol. The average molecular weight is 240 g/mol. The van der Waals surface area contributed by atoms with Gasteiger partial charge in [0.15, 0.2) is 0 Å². The van der Waals surface area contributed by atoms with Gasteiger partial charge < -0.3 is 5.32 Å². The number of hydrogen-bond acceptors (Lipinski definition) is 1. The molecule has 0 saturated heterocycles. The normalized spacial score (nSPS) is 19.2. The minimum Gasteiger partial charge on any atom is -0.305 e. The van der Waals surface area contributed by atoms with Crippen LogP contribution in [0.2, 0.25) is 0 Å². The molecule has 1 aliphatic rings. The number of nitrogens with one attached hydrogen (secondary N) is 1. The van der Waals surface area contributed by atoms with Gasteiger partial charge in [0, 0.05) is 17.6 Å². The maximum Gasteiger partial charge on any atom is 0.123 e. The third-order valence-corrected chi connectivity index (χ3v) is 3.10. The van der Waals surface area contributed by atoms with Crippen LogP contribution in [0.15, 0.2) is 29.8 Å². The van der Waals surface area contributed by atoms with E-state index >= 15 is 0 Å². The van der Waals surface area contributed by atoms with Crippen molar-refractivity contribution in [2.24, 2.45) is 0 Å². The van der Waals surface area contributed by atoms with E-state index in [9.17, 15) is 4.39 Å². The fourth-order valence-corrected chi connectivity index (χ4v) is 2.29. The SMILES string of the molecule is C=C(Cl)CNC1CCCc2ccc(F)cc21. The van der Waals surface area contributed by atoms with Gasteiger partial charge in [0.1, 0.15) is 5.82 Å². The summed E-state index contributed by atoms with van der Waals surface area (Å²) in [5, 5.41) is 3.89. The minimum atomic E-state index is -0.169. The quantitative estimate of drug-likeness (QED) is 0.851. The molecule has 2 rings (SSSR count). The molecule has 0 amide bonds. The van der Waals surface area contributed by atoms with Gasteiger partial charge in [-0.2, -0.15) is 0 Å². The summed E-state index contributed by atoms with van der Waals surface area (Å²) in [5.74, 6) is -0.169. The number of rotatable bonds is 3. The van der Waals surface area contributed by atoms with Crippen LogP contribution in [-0.4, -0.2) is 6.54 Å². The first kappa shape index (κ1) is 11.6. The highest BCUT2D eigenvalue weighted by Crippen LogP contribution is 2.30. The predicted octanol–water partition coefficient (Wildman–Crippen LogP) is 3.55. The molecule has 3 heteroatoms. The van der Waals surface area contributed by atoms with Crippen LogP contribution in [0.25, 0.3) is 0 Å². The lowest BCUT2D eigenvalue weighted by Crippen LogP contribution is -2.26. The Balaban J connectivity index is 2.18. The Labute approximate surface area is 100 Å². The standard InChI is InChI=1S/C13H15ClFN/c1-9(14)8-16-13-4-2-3-10-5-6-11(15)7-12(10)13/h5-7,13,16H,1-4,8H2. The van der Waals surface area contributed by atoms with Crippen molar-refractivity contribution in [3.05, 3.63) is 46.8 Å². The lowest BCUT2D eigenvalue weighted by atomic mass is 9.87. The van der Waals surface area contributed by atoms with E-state index in [2.05, 4.69) is 11.9 Å². The first-order valence-corrected chi connectivity index (χ1v) is 5.89. The molecule has 1 aromatic rings. The molecule has 86 valence electrons. The molecule has 1 atom stereocenters. The van der Waals surface area contributed by atoms with Crippen molar-refractivity contribution < 1.29 is 4.39 Å². The molecule has 0 bridgehead atoms. The summed E-state index contributed by atoms with van der Waals surface area (Å²) < 4.78 is 13.2. The van der Waals surface area contributed by atoms with Gasteiger partial charge in [0.2, 0.25) is 0 Å². The van der Waals surface area contributed by atoms with Gasteiger partial charge in [0.05, 0.1) is 0 Å². The van der Waals surface area contributed by atoms with Crippen LogP contribution in [0.1, 0.15) is 30.0 Å². The third-order valence-electron chi connectivity index (χ3n) is 2.96. The number of fused-ring (bicyclic) bond motifs is 1. The second kappa shape index (κ2) is 4.98. The van der Waals surface area contributed by atoms with E-state index in [-0.39, 0.29) is 11.9 Å². The van der Waals surface area contributed by atoms with Crippen molar-refractivity contribution in [1.29, 1.82) is 0 Å². The Morgan fingerprint density at radius 2 is 2.38 bits per heavy atom. The Hall–Kier alpha value is -0.860. The van der Waals surface area contributed by atoms with E-state index in [1.165, 1.54) is 11.6 Å². The smallest absolute Gasteiger partial charge is 0.123 e. The Bertz CT molecular complexity index is 403. The number of aryl methyl sites for hydroxylation is 1. The van der Waals surface area contributed by atoms with E-state index in [0.717, 1.165) is 24.8 Å². The Morgan fingerprint density at radius 3 is 3.12 bits per heavy atom. The summed E-state index contributed by atoms with van der Waals surface area (Å²) >= 11 is 5.72. The third kappa shape index (κ3) is 2.63. The summed E-state index contributed by atoms with van der Waals surface area (Å²) in [6.45, 7) is 4.21. The lowest BCUT2D eigenvalue weighted by molar-refractivity contribution is 0.475. The zero-order valence-corrected chi connectivity index (χ0v) is 9.86. The molecule has 1 aromatic carbocycles. The lowest BCUT2D eigenvalue weighted by Gasteiger charge is -2.26. The zero-order valence-electron chi connectivity index (χ0n) is 9.10. The van der Waals surface area contributed by atoms with Gasteiger partial charge in [-0.1, -0.05) is 24.2 Å². The molecule has 0 spiro atoms. The maximum absolute atomic E-state index is 13.2. The summed E-state index contributed by atoms with van der Waals surface area (Å²) in [5.41, 5.74) is 2.31. The average Bonchev–Trinajstić information content (AvgIpc) is 2.26. The van der Waals surface area contributed by atoms with Crippen molar-refractivity contribution >= 4 is 11.6 Å². The van der Waals surface area contributed by atoms with Crippen molar-refractivity contribution in [2.45, 2.75) is 25.3 Å². The fourth-order valence-electron chi connectivity index (χ4n) is 2.22. The topological polar surface area (TPSA) is 12.0 Å². The van der Waals surface area contributed by atoms with E-state index < -0.39 is 0 Å². The Morgan fingerprint density at radius 1 is 1.56 bits per heavy atom. The van der Waals surface area contributed by atoms with Crippen molar-refractivity contribution in [3.63, 3.8) is 0 Å². The van der Waals surface area contributed by atoms with Crippen LogP contribution in [0.5, 0.6) is 0 Å². The van der Waals surface area contributed by atoms with Crippen LogP contribution >= 0.6 is 11.6 Å². The summed E-state index contributed by atoms with van der Waals surface area (Å²) in [7, 11) is 0. The van der Waals surface area contributed by atoms with Gasteiger partial charge in [-0.05, 0) is 42.5 Å². The molecule has 0 radical (unpaired) electrons. The molecule has 0 heterocycles. The number of halogens is 2.